The smallest absolute Gasteiger partial charge is 0.459 e. The number of para-hydroxylation sites is 1. The number of carbonyl (C=O) groups is 1. The number of aromatic nitrogens is 2. The van der Waals surface area contributed by atoms with Gasteiger partial charge in [0.05, 0.1) is 16.8 Å². The summed E-state index contributed by atoms with van der Waals surface area (Å²) in [5, 5.41) is 24.1. The average Bonchev–Trinajstić information content (AvgIpc) is 3.02. The van der Waals surface area contributed by atoms with Gasteiger partial charge in [0, 0.05) is 12.2 Å². The Balaban J connectivity index is 1.95. The van der Waals surface area contributed by atoms with E-state index in [4.69, 9.17) is 22.6 Å². The number of H-pyrrole nitrogens is 1. The Kier molecular flexibility index (Phi) is 7.26. The Morgan fingerprint density at radius 3 is 2.61 bits per heavy atom. The van der Waals surface area contributed by atoms with Crippen molar-refractivity contribution in [2.24, 2.45) is 0 Å². The van der Waals surface area contributed by atoms with E-state index < -0.39 is 73.9 Å². The number of hydrogen-bond donors (Lipinski definition) is 4. The summed E-state index contributed by atoms with van der Waals surface area (Å²) >= 11 is 0. The molecule has 6 atom stereocenters. The second-order valence-electron chi connectivity index (χ2n) is 8.46. The van der Waals surface area contributed by atoms with Gasteiger partial charge in [-0.05, 0) is 39.8 Å². The summed E-state index contributed by atoms with van der Waals surface area (Å²) in [4.78, 5) is 38.1. The van der Waals surface area contributed by atoms with Crippen molar-refractivity contribution in [1.29, 1.82) is 0 Å². The van der Waals surface area contributed by atoms with Gasteiger partial charge in [0.15, 0.2) is 6.23 Å². The maximum atomic E-state index is 13.8. The molecule has 14 heteroatoms. The Morgan fingerprint density at radius 2 is 2.00 bits per heavy atom. The molecule has 1 aliphatic heterocycles. The Hall–Kier alpha value is -2.80. The van der Waals surface area contributed by atoms with E-state index in [1.165, 1.54) is 31.2 Å². The van der Waals surface area contributed by atoms with Crippen molar-refractivity contribution < 1.29 is 42.2 Å². The highest BCUT2D eigenvalue weighted by molar-refractivity contribution is 7.52. The van der Waals surface area contributed by atoms with Crippen LogP contribution in [-0.2, 0) is 23.4 Å². The van der Waals surface area contributed by atoms with E-state index in [0.29, 0.717) is 4.57 Å². The molecule has 1 fully saturated rings. The van der Waals surface area contributed by atoms with E-state index in [1.807, 2.05) is 4.98 Å². The van der Waals surface area contributed by atoms with Gasteiger partial charge in [0.1, 0.15) is 29.6 Å². The lowest BCUT2D eigenvalue weighted by Crippen LogP contribution is -2.47. The molecule has 0 saturated carbocycles. The van der Waals surface area contributed by atoms with Gasteiger partial charge >= 0.3 is 19.4 Å². The molecule has 0 aliphatic carbocycles. The Bertz CT molecular complexity index is 1350. The first-order valence-electron chi connectivity index (χ1n) is 12.4. The Labute approximate surface area is 210 Å². The molecular formula is C22H30N3O10P. The predicted octanol–water partition coefficient (Wildman–Crippen LogP) is 0.679. The normalized spacial score (nSPS) is 28.0. The van der Waals surface area contributed by atoms with Gasteiger partial charge in [-0.25, -0.2) is 9.36 Å². The second-order valence-corrected chi connectivity index (χ2v) is 10.1. The van der Waals surface area contributed by atoms with Crippen LogP contribution in [0.15, 0.2) is 52.2 Å². The third-order valence-electron chi connectivity index (χ3n) is 4.99. The highest BCUT2D eigenvalue weighted by Gasteiger charge is 2.54. The lowest BCUT2D eigenvalue weighted by Gasteiger charge is -2.27. The van der Waals surface area contributed by atoms with Crippen LogP contribution in [0.3, 0.4) is 0 Å². The maximum Gasteiger partial charge on any atom is 0.459 e. The minimum atomic E-state index is -4.81. The van der Waals surface area contributed by atoms with Crippen LogP contribution in [0, 0.1) is 0 Å². The zero-order chi connectivity index (χ0) is 29.3. The number of carbonyl (C=O) groups excluding carboxylic acids is 1. The van der Waals surface area contributed by atoms with Crippen molar-refractivity contribution in [1.82, 2.24) is 14.6 Å². The number of rotatable bonds is 10. The fourth-order valence-corrected chi connectivity index (χ4v) is 4.58. The van der Waals surface area contributed by atoms with Gasteiger partial charge in [-0.2, -0.15) is 5.09 Å². The number of aromatic amines is 1. The first-order chi connectivity index (χ1) is 18.0. The summed E-state index contributed by atoms with van der Waals surface area (Å²) < 4.78 is 60.3. The molecule has 0 spiro atoms. The van der Waals surface area contributed by atoms with Gasteiger partial charge in [-0.3, -0.25) is 23.7 Å². The van der Waals surface area contributed by atoms with E-state index >= 15 is 0 Å². The molecule has 0 amide bonds. The molecule has 2 aromatic rings. The zero-order valence-electron chi connectivity index (χ0n) is 22.9. The number of benzene rings is 1. The molecule has 198 valence electrons. The molecule has 0 radical (unpaired) electrons. The van der Waals surface area contributed by atoms with Gasteiger partial charge < -0.3 is 24.2 Å². The third kappa shape index (κ3) is 6.49. The van der Waals surface area contributed by atoms with Gasteiger partial charge in [-0.15, -0.1) is 0 Å². The highest BCUT2D eigenvalue weighted by Crippen LogP contribution is 2.46. The van der Waals surface area contributed by atoms with Crippen molar-refractivity contribution in [3.63, 3.8) is 0 Å². The molecule has 1 aromatic carbocycles. The molecule has 1 saturated heterocycles. The van der Waals surface area contributed by atoms with Crippen LogP contribution in [0.1, 0.15) is 38.0 Å². The van der Waals surface area contributed by atoms with Gasteiger partial charge in [-0.1, -0.05) is 18.2 Å². The minimum absolute atomic E-state index is 0.0232. The number of nitrogens with one attached hydrogen (secondary N) is 2. The minimum Gasteiger partial charge on any atom is -0.462 e. The summed E-state index contributed by atoms with van der Waals surface area (Å²) in [7, 11) is -4.81. The predicted molar refractivity (Wildman–Crippen MR) is 126 cm³/mol. The maximum absolute atomic E-state index is 13.8. The van der Waals surface area contributed by atoms with E-state index in [1.54, 1.807) is 19.9 Å². The van der Waals surface area contributed by atoms with E-state index in [-0.39, 0.29) is 5.75 Å². The van der Waals surface area contributed by atoms with E-state index in [2.05, 4.69) is 5.09 Å². The number of nitrogens with zero attached hydrogens (tertiary/aromatic N) is 1. The zero-order valence-corrected chi connectivity index (χ0v) is 20.8. The molecule has 13 nitrogen and oxygen atoms in total. The lowest BCUT2D eigenvalue weighted by atomic mass is 9.96. The van der Waals surface area contributed by atoms with Crippen molar-refractivity contribution in [3.05, 3.63) is 63.4 Å². The van der Waals surface area contributed by atoms with Gasteiger partial charge in [0.25, 0.3) is 5.56 Å². The van der Waals surface area contributed by atoms with Crippen LogP contribution in [0.25, 0.3) is 0 Å². The summed E-state index contributed by atoms with van der Waals surface area (Å²) in [5.41, 5.74) is -4.46. The first kappa shape index (κ1) is 23.6. The lowest BCUT2D eigenvalue weighted by molar-refractivity contribution is -0.149. The SMILES string of the molecule is [2H]c1cc(=O)[nH]c(=O)n1[C@@H]1O[C@H](C([2H])([2H])OP(=O)(N[C@@H](C)C(=O)OC(C)C)Oc2ccccc2)[C@@H](O)[C@@]1(C)O. The number of hydrogen-bond acceptors (Lipinski definition) is 10. The third-order valence-corrected chi connectivity index (χ3v) is 6.49. The molecule has 2 heterocycles. The van der Waals surface area contributed by atoms with Crippen LogP contribution < -0.4 is 20.9 Å². The van der Waals surface area contributed by atoms with Crippen molar-refractivity contribution >= 4 is 13.7 Å². The fraction of sp³-hybridized carbons (Fsp3) is 0.500. The van der Waals surface area contributed by atoms with Crippen LogP contribution in [0.5, 0.6) is 5.75 Å². The summed E-state index contributed by atoms with van der Waals surface area (Å²) in [5.74, 6) is -0.864. The average molecular weight is 530 g/mol. The molecule has 3 rings (SSSR count). The quantitative estimate of drug-likeness (QED) is 0.251. The standard InChI is InChI=1S/C22H30N3O10P/c1-13(2)33-19(28)14(3)24-36(31,35-15-8-6-5-7-9-15)32-12-16-18(27)22(4,30)20(34-16)25-11-10-17(26)23-21(25)29/h5-11,13-14,16,18,20,27,30H,12H2,1-4H3,(H,24,31)(H,23,26,29)/t14-,16+,18+,20+,22+,36?/m0/s1/i11D,12D2. The van der Waals surface area contributed by atoms with Crippen LogP contribution in [0.4, 0.5) is 0 Å². The molecular weight excluding hydrogens is 497 g/mol. The first-order valence-corrected chi connectivity index (χ1v) is 12.4. The summed E-state index contributed by atoms with van der Waals surface area (Å²) in [6, 6.07) is 6.91. The van der Waals surface area contributed by atoms with Crippen molar-refractivity contribution in [2.75, 3.05) is 6.56 Å². The fourth-order valence-electron chi connectivity index (χ4n) is 3.22. The largest absolute Gasteiger partial charge is 0.462 e. The molecule has 1 aliphatic rings. The van der Waals surface area contributed by atoms with E-state index in [9.17, 15) is 29.2 Å². The van der Waals surface area contributed by atoms with Crippen molar-refractivity contribution in [2.45, 2.75) is 63.9 Å². The monoisotopic (exact) mass is 530 g/mol. The topological polar surface area (TPSA) is 178 Å². The molecule has 0 bridgehead atoms. The second kappa shape index (κ2) is 11.1. The Morgan fingerprint density at radius 1 is 1.33 bits per heavy atom. The number of aliphatic hydroxyl groups is 2. The number of ether oxygens (including phenoxy) is 2. The van der Waals surface area contributed by atoms with E-state index in [0.717, 1.165) is 13.0 Å². The molecule has 1 unspecified atom stereocenters. The molecule has 4 N–H and O–H groups in total. The van der Waals surface area contributed by atoms with Crippen LogP contribution in [-0.4, -0.2) is 62.2 Å². The van der Waals surface area contributed by atoms with Gasteiger partial charge in [0.2, 0.25) is 0 Å². The van der Waals surface area contributed by atoms with Crippen LogP contribution in [0.2, 0.25) is 0 Å². The molecule has 1 aromatic heterocycles. The highest BCUT2D eigenvalue weighted by atomic mass is 31.2. The summed E-state index contributed by atoms with van der Waals surface area (Å²) in [6.45, 7) is 2.28. The summed E-state index contributed by atoms with van der Waals surface area (Å²) in [6.07, 6.45) is -7.29. The van der Waals surface area contributed by atoms with Crippen LogP contribution >= 0.6 is 7.75 Å². The number of esters is 1. The molecule has 36 heavy (non-hydrogen) atoms. The van der Waals surface area contributed by atoms with Crippen molar-refractivity contribution in [3.8, 4) is 5.75 Å². The number of aliphatic hydroxyl groups excluding tert-OH is 1.